The Morgan fingerprint density at radius 1 is 1.39 bits per heavy atom. The standard InChI is InChI=1S/C17H24N2O4/c1-4-23-15-8-14(6-5-12(15)3)18-17(22)19-9-11(2)7-13(10-19)16(20)21/h5-6,8,11,13H,4,7,9-10H2,1-3H3,(H,18,22)(H,20,21). The Labute approximate surface area is 136 Å². The van der Waals surface area contributed by atoms with Gasteiger partial charge in [0.15, 0.2) is 0 Å². The molecule has 2 unspecified atom stereocenters. The number of ether oxygens (including phenoxy) is 1. The van der Waals surface area contributed by atoms with Gasteiger partial charge in [-0.25, -0.2) is 4.79 Å². The number of benzene rings is 1. The average molecular weight is 320 g/mol. The van der Waals surface area contributed by atoms with Gasteiger partial charge in [0.1, 0.15) is 5.75 Å². The topological polar surface area (TPSA) is 78.9 Å². The van der Waals surface area contributed by atoms with Gasteiger partial charge in [0.2, 0.25) is 0 Å². The smallest absolute Gasteiger partial charge is 0.321 e. The number of carbonyl (C=O) groups excluding carboxylic acids is 1. The molecule has 23 heavy (non-hydrogen) atoms. The molecule has 0 bridgehead atoms. The highest BCUT2D eigenvalue weighted by Gasteiger charge is 2.31. The first kappa shape index (κ1) is 17.1. The number of hydrogen-bond acceptors (Lipinski definition) is 3. The van der Waals surface area contributed by atoms with Crippen molar-refractivity contribution in [1.82, 2.24) is 4.90 Å². The van der Waals surface area contributed by atoms with Crippen LogP contribution >= 0.6 is 0 Å². The molecule has 1 aliphatic rings. The molecule has 6 nitrogen and oxygen atoms in total. The number of aryl methyl sites for hydroxylation is 1. The molecular weight excluding hydrogens is 296 g/mol. The lowest BCUT2D eigenvalue weighted by Gasteiger charge is -2.34. The number of carbonyl (C=O) groups is 2. The van der Waals surface area contributed by atoms with Gasteiger partial charge in [-0.05, 0) is 37.8 Å². The number of likely N-dealkylation sites (tertiary alicyclic amines) is 1. The van der Waals surface area contributed by atoms with Gasteiger partial charge < -0.3 is 20.1 Å². The van der Waals surface area contributed by atoms with E-state index in [4.69, 9.17) is 4.74 Å². The minimum atomic E-state index is -0.844. The van der Waals surface area contributed by atoms with Crippen LogP contribution in [0.25, 0.3) is 0 Å². The fraction of sp³-hybridized carbons (Fsp3) is 0.529. The molecule has 2 amide bonds. The number of aliphatic carboxylic acids is 1. The van der Waals surface area contributed by atoms with Crippen molar-refractivity contribution in [3.05, 3.63) is 23.8 Å². The van der Waals surface area contributed by atoms with Crippen LogP contribution in [0.2, 0.25) is 0 Å². The second kappa shape index (κ2) is 7.35. The molecule has 0 aliphatic carbocycles. The van der Waals surface area contributed by atoms with Gasteiger partial charge in [-0.1, -0.05) is 13.0 Å². The van der Waals surface area contributed by atoms with Gasteiger partial charge in [0.25, 0.3) is 0 Å². The highest BCUT2D eigenvalue weighted by atomic mass is 16.5. The molecule has 2 N–H and O–H groups in total. The summed E-state index contributed by atoms with van der Waals surface area (Å²) in [6.45, 7) is 7.19. The zero-order valence-corrected chi connectivity index (χ0v) is 13.8. The monoisotopic (exact) mass is 320 g/mol. The van der Waals surface area contributed by atoms with Crippen LogP contribution in [0.5, 0.6) is 5.75 Å². The molecule has 0 aromatic heterocycles. The zero-order valence-electron chi connectivity index (χ0n) is 13.8. The van der Waals surface area contributed by atoms with Gasteiger partial charge in [-0.2, -0.15) is 0 Å². The summed E-state index contributed by atoms with van der Waals surface area (Å²) < 4.78 is 5.53. The summed E-state index contributed by atoms with van der Waals surface area (Å²) in [4.78, 5) is 25.2. The molecule has 126 valence electrons. The molecule has 6 heteroatoms. The van der Waals surface area contributed by atoms with Crippen molar-refractivity contribution in [2.75, 3.05) is 25.0 Å². The van der Waals surface area contributed by atoms with Crippen molar-refractivity contribution in [3.8, 4) is 5.75 Å². The van der Waals surface area contributed by atoms with Crippen LogP contribution in [0.1, 0.15) is 25.8 Å². The Balaban J connectivity index is 2.06. The van der Waals surface area contributed by atoms with Crippen LogP contribution in [0, 0.1) is 18.8 Å². The molecule has 1 saturated heterocycles. The van der Waals surface area contributed by atoms with E-state index in [9.17, 15) is 14.7 Å². The Morgan fingerprint density at radius 3 is 2.78 bits per heavy atom. The number of nitrogens with zero attached hydrogens (tertiary/aromatic N) is 1. The highest BCUT2D eigenvalue weighted by molar-refractivity contribution is 5.90. The predicted molar refractivity (Wildman–Crippen MR) is 87.8 cm³/mol. The maximum Gasteiger partial charge on any atom is 0.321 e. The zero-order chi connectivity index (χ0) is 17.0. The maximum absolute atomic E-state index is 12.4. The minimum absolute atomic E-state index is 0.174. The first-order valence-electron chi connectivity index (χ1n) is 7.92. The number of piperidine rings is 1. The van der Waals surface area contributed by atoms with Crippen molar-refractivity contribution >= 4 is 17.7 Å². The van der Waals surface area contributed by atoms with E-state index in [1.54, 1.807) is 11.0 Å². The highest BCUT2D eigenvalue weighted by Crippen LogP contribution is 2.25. The molecule has 0 spiro atoms. The summed E-state index contributed by atoms with van der Waals surface area (Å²) in [5.74, 6) is -0.432. The van der Waals surface area contributed by atoms with Crippen molar-refractivity contribution in [2.24, 2.45) is 11.8 Å². The SMILES string of the molecule is CCOc1cc(NC(=O)N2CC(C)CC(C(=O)O)C2)ccc1C. The van der Waals surface area contributed by atoms with E-state index >= 15 is 0 Å². The number of amides is 2. The van der Waals surface area contributed by atoms with E-state index in [1.165, 1.54) is 0 Å². The number of urea groups is 1. The maximum atomic E-state index is 12.4. The van der Waals surface area contributed by atoms with Crippen LogP contribution in [-0.4, -0.2) is 41.7 Å². The van der Waals surface area contributed by atoms with E-state index < -0.39 is 11.9 Å². The van der Waals surface area contributed by atoms with Crippen molar-refractivity contribution in [2.45, 2.75) is 27.2 Å². The lowest BCUT2D eigenvalue weighted by molar-refractivity contribution is -0.143. The summed E-state index contributed by atoms with van der Waals surface area (Å²) in [7, 11) is 0. The first-order chi connectivity index (χ1) is 10.9. The Morgan fingerprint density at radius 2 is 2.13 bits per heavy atom. The number of anilines is 1. The Bertz CT molecular complexity index is 588. The van der Waals surface area contributed by atoms with Crippen molar-refractivity contribution < 1.29 is 19.4 Å². The molecule has 2 rings (SSSR count). The molecule has 2 atom stereocenters. The number of hydrogen-bond donors (Lipinski definition) is 2. The number of carboxylic acid groups (broad SMARTS) is 1. The summed E-state index contributed by atoms with van der Waals surface area (Å²) in [5.41, 5.74) is 1.65. The van der Waals surface area contributed by atoms with E-state index in [2.05, 4.69) is 5.32 Å². The fourth-order valence-corrected chi connectivity index (χ4v) is 2.89. The molecule has 1 aliphatic heterocycles. The Kier molecular flexibility index (Phi) is 5.47. The van der Waals surface area contributed by atoms with Crippen LogP contribution in [0.4, 0.5) is 10.5 Å². The number of rotatable bonds is 4. The summed E-state index contributed by atoms with van der Waals surface area (Å²) in [6.07, 6.45) is 0.609. The molecule has 1 aromatic carbocycles. The molecule has 1 fully saturated rings. The molecule has 1 heterocycles. The summed E-state index contributed by atoms with van der Waals surface area (Å²) in [6, 6.07) is 5.23. The van der Waals surface area contributed by atoms with Crippen LogP contribution in [0.15, 0.2) is 18.2 Å². The molecule has 0 saturated carbocycles. The van der Waals surface area contributed by atoms with E-state index in [0.717, 1.165) is 11.3 Å². The lowest BCUT2D eigenvalue weighted by Crippen LogP contribution is -2.47. The minimum Gasteiger partial charge on any atom is -0.494 e. The van der Waals surface area contributed by atoms with Crippen LogP contribution < -0.4 is 10.1 Å². The summed E-state index contributed by atoms with van der Waals surface area (Å²) in [5, 5.41) is 12.0. The van der Waals surface area contributed by atoms with Crippen molar-refractivity contribution in [3.63, 3.8) is 0 Å². The van der Waals surface area contributed by atoms with Gasteiger partial charge >= 0.3 is 12.0 Å². The van der Waals surface area contributed by atoms with E-state index in [1.807, 2.05) is 32.9 Å². The number of nitrogens with one attached hydrogen (secondary N) is 1. The fourth-order valence-electron chi connectivity index (χ4n) is 2.89. The second-order valence-corrected chi connectivity index (χ2v) is 6.12. The van der Waals surface area contributed by atoms with Crippen LogP contribution in [0.3, 0.4) is 0 Å². The number of carboxylic acids is 1. The third-order valence-corrected chi connectivity index (χ3v) is 4.04. The van der Waals surface area contributed by atoms with E-state index in [0.29, 0.717) is 25.3 Å². The van der Waals surface area contributed by atoms with Gasteiger partial charge in [-0.3, -0.25) is 4.79 Å². The third-order valence-electron chi connectivity index (χ3n) is 4.04. The summed E-state index contributed by atoms with van der Waals surface area (Å²) >= 11 is 0. The lowest BCUT2D eigenvalue weighted by atomic mass is 9.91. The Hall–Kier alpha value is -2.24. The van der Waals surface area contributed by atoms with Crippen LogP contribution in [-0.2, 0) is 4.79 Å². The van der Waals surface area contributed by atoms with E-state index in [-0.39, 0.29) is 18.5 Å². The quantitative estimate of drug-likeness (QED) is 0.894. The molecule has 1 aromatic rings. The van der Waals surface area contributed by atoms with Crippen molar-refractivity contribution in [1.29, 1.82) is 0 Å². The molecule has 0 radical (unpaired) electrons. The second-order valence-electron chi connectivity index (χ2n) is 6.12. The predicted octanol–water partition coefficient (Wildman–Crippen LogP) is 2.97. The van der Waals surface area contributed by atoms with Gasteiger partial charge in [-0.15, -0.1) is 0 Å². The normalized spacial score (nSPS) is 20.9. The first-order valence-corrected chi connectivity index (χ1v) is 7.92. The van der Waals surface area contributed by atoms with Gasteiger partial charge in [0, 0.05) is 24.8 Å². The van der Waals surface area contributed by atoms with Gasteiger partial charge in [0.05, 0.1) is 12.5 Å². The average Bonchev–Trinajstić information content (AvgIpc) is 2.50. The molecular formula is C17H24N2O4. The third kappa shape index (κ3) is 4.37. The largest absolute Gasteiger partial charge is 0.494 e.